The molecule has 4 aliphatic rings. The van der Waals surface area contributed by atoms with E-state index in [4.69, 9.17) is 9.47 Å². The van der Waals surface area contributed by atoms with E-state index in [9.17, 15) is 0 Å². The number of methoxy groups -OCH3 is 1. The van der Waals surface area contributed by atoms with Crippen LogP contribution in [0.25, 0.3) is 0 Å². The molecule has 1 aromatic carbocycles. The first-order valence-electron chi connectivity index (χ1n) is 8.08. The first-order chi connectivity index (χ1) is 10.2. The molecule has 0 unspecified atom stereocenters. The number of benzene rings is 1. The molecule has 0 spiro atoms. The van der Waals surface area contributed by atoms with Gasteiger partial charge in [-0.15, -0.1) is 0 Å². The Bertz CT molecular complexity index is 541. The fourth-order valence-corrected chi connectivity index (χ4v) is 5.02. The van der Waals surface area contributed by atoms with Gasteiger partial charge in [-0.05, 0) is 86.5 Å². The van der Waals surface area contributed by atoms with Crippen molar-refractivity contribution in [3.8, 4) is 17.8 Å². The molecule has 2 nitrogen and oxygen atoms in total. The molecule has 110 valence electrons. The Morgan fingerprint density at radius 3 is 2.05 bits per heavy atom. The van der Waals surface area contributed by atoms with E-state index in [1.807, 2.05) is 24.3 Å². The normalized spacial score (nSPS) is 36.0. The van der Waals surface area contributed by atoms with E-state index < -0.39 is 0 Å². The van der Waals surface area contributed by atoms with Crippen molar-refractivity contribution in [3.05, 3.63) is 29.8 Å². The van der Waals surface area contributed by atoms with Crippen LogP contribution in [-0.2, 0) is 4.74 Å². The summed E-state index contributed by atoms with van der Waals surface area (Å²) >= 11 is 0. The van der Waals surface area contributed by atoms with Crippen molar-refractivity contribution in [1.29, 1.82) is 0 Å². The van der Waals surface area contributed by atoms with E-state index >= 15 is 0 Å². The van der Waals surface area contributed by atoms with Crippen LogP contribution < -0.4 is 4.74 Å². The highest BCUT2D eigenvalue weighted by Gasteiger charge is 2.52. The van der Waals surface area contributed by atoms with Crippen LogP contribution in [0.3, 0.4) is 0 Å². The molecule has 5 rings (SSSR count). The minimum atomic E-state index is 0.0776. The molecule has 4 bridgehead atoms. The van der Waals surface area contributed by atoms with Crippen molar-refractivity contribution in [3.63, 3.8) is 0 Å². The van der Waals surface area contributed by atoms with E-state index in [0.29, 0.717) is 0 Å². The zero-order valence-corrected chi connectivity index (χ0v) is 12.6. The predicted octanol–water partition coefficient (Wildman–Crippen LogP) is 3.99. The zero-order chi connectivity index (χ0) is 14.3. The number of hydrogen-bond acceptors (Lipinski definition) is 2. The summed E-state index contributed by atoms with van der Waals surface area (Å²) in [4.78, 5) is 0. The Labute approximate surface area is 126 Å². The third kappa shape index (κ3) is 2.50. The maximum Gasteiger partial charge on any atom is 0.122 e. The van der Waals surface area contributed by atoms with Crippen LogP contribution in [0.1, 0.15) is 44.1 Å². The van der Waals surface area contributed by atoms with Crippen molar-refractivity contribution >= 4 is 0 Å². The third-order valence-electron chi connectivity index (χ3n) is 5.53. The Hall–Kier alpha value is -1.62. The fraction of sp³-hybridized carbons (Fsp3) is 0.579. The summed E-state index contributed by atoms with van der Waals surface area (Å²) in [6, 6.07) is 7.84. The lowest BCUT2D eigenvalue weighted by Gasteiger charge is -2.55. The number of rotatable bonds is 2. The summed E-state index contributed by atoms with van der Waals surface area (Å²) in [7, 11) is 1.68. The summed E-state index contributed by atoms with van der Waals surface area (Å²) in [5.74, 6) is 6.71. The average molecular weight is 282 g/mol. The Morgan fingerprint density at radius 2 is 1.52 bits per heavy atom. The molecule has 0 aromatic heterocycles. The van der Waals surface area contributed by atoms with Gasteiger partial charge in [-0.25, -0.2) is 0 Å². The Kier molecular flexibility index (Phi) is 3.10. The molecule has 21 heavy (non-hydrogen) atoms. The van der Waals surface area contributed by atoms with Crippen molar-refractivity contribution in [1.82, 2.24) is 0 Å². The largest absolute Gasteiger partial charge is 0.497 e. The first kappa shape index (κ1) is 13.1. The molecule has 4 aliphatic carbocycles. The minimum absolute atomic E-state index is 0.0776. The molecule has 4 saturated carbocycles. The molecule has 0 amide bonds. The van der Waals surface area contributed by atoms with Gasteiger partial charge in [0.1, 0.15) is 17.5 Å². The lowest BCUT2D eigenvalue weighted by Crippen LogP contribution is -2.51. The lowest BCUT2D eigenvalue weighted by molar-refractivity contribution is -0.122. The molecule has 4 fully saturated rings. The molecular weight excluding hydrogens is 260 g/mol. The van der Waals surface area contributed by atoms with Crippen LogP contribution in [-0.4, -0.2) is 12.7 Å². The minimum Gasteiger partial charge on any atom is -0.497 e. The molecule has 0 saturated heterocycles. The SMILES string of the molecule is COc1ccc(C#COC23CC4CC(CC(C4)C2)C3)cc1. The van der Waals surface area contributed by atoms with Gasteiger partial charge in [0.25, 0.3) is 0 Å². The Balaban J connectivity index is 1.46. The van der Waals surface area contributed by atoms with Crippen molar-refractivity contribution in [2.75, 3.05) is 7.11 Å². The molecule has 0 N–H and O–H groups in total. The van der Waals surface area contributed by atoms with E-state index in [2.05, 4.69) is 12.0 Å². The van der Waals surface area contributed by atoms with Crippen molar-refractivity contribution in [2.24, 2.45) is 17.8 Å². The lowest BCUT2D eigenvalue weighted by atomic mass is 9.54. The Morgan fingerprint density at radius 1 is 0.952 bits per heavy atom. The maximum absolute atomic E-state index is 6.11. The summed E-state index contributed by atoms with van der Waals surface area (Å²) in [6.45, 7) is 0. The van der Waals surface area contributed by atoms with Gasteiger partial charge < -0.3 is 9.47 Å². The second-order valence-corrected chi connectivity index (χ2v) is 7.16. The topological polar surface area (TPSA) is 18.5 Å². The second kappa shape index (κ2) is 4.98. The van der Waals surface area contributed by atoms with Gasteiger partial charge in [-0.1, -0.05) is 0 Å². The maximum atomic E-state index is 6.11. The van der Waals surface area contributed by atoms with E-state index in [0.717, 1.165) is 29.1 Å². The molecule has 0 aliphatic heterocycles. The predicted molar refractivity (Wildman–Crippen MR) is 81.9 cm³/mol. The van der Waals surface area contributed by atoms with Crippen LogP contribution in [0, 0.1) is 29.8 Å². The van der Waals surface area contributed by atoms with Gasteiger partial charge in [0.15, 0.2) is 0 Å². The standard InChI is InChI=1S/C19H22O2/c1-20-18-4-2-14(3-5-18)6-7-21-19-11-15-8-16(12-19)10-17(9-15)13-19/h2-5,15-17H,8-13H2,1H3. The van der Waals surface area contributed by atoms with Crippen molar-refractivity contribution in [2.45, 2.75) is 44.1 Å². The molecule has 0 radical (unpaired) electrons. The summed E-state index contributed by atoms with van der Waals surface area (Å²) in [6.07, 6.45) is 11.0. The summed E-state index contributed by atoms with van der Waals surface area (Å²) in [5.41, 5.74) is 1.06. The second-order valence-electron chi connectivity index (χ2n) is 7.16. The summed E-state index contributed by atoms with van der Waals surface area (Å²) in [5, 5.41) is 0. The van der Waals surface area contributed by atoms with E-state index in [1.54, 1.807) is 7.11 Å². The van der Waals surface area contributed by atoms with Gasteiger partial charge in [-0.2, -0.15) is 0 Å². The van der Waals surface area contributed by atoms with Crippen LogP contribution in [0.15, 0.2) is 24.3 Å². The number of hydrogen-bond donors (Lipinski definition) is 0. The van der Waals surface area contributed by atoms with Crippen LogP contribution in [0.5, 0.6) is 5.75 Å². The van der Waals surface area contributed by atoms with Crippen LogP contribution in [0.4, 0.5) is 0 Å². The van der Waals surface area contributed by atoms with Crippen LogP contribution in [0.2, 0.25) is 0 Å². The third-order valence-corrected chi connectivity index (χ3v) is 5.53. The van der Waals surface area contributed by atoms with Crippen molar-refractivity contribution < 1.29 is 9.47 Å². The molecule has 1 aromatic rings. The van der Waals surface area contributed by atoms with Crippen LogP contribution >= 0.6 is 0 Å². The zero-order valence-electron chi connectivity index (χ0n) is 12.6. The highest BCUT2D eigenvalue weighted by Crippen LogP contribution is 2.56. The highest BCUT2D eigenvalue weighted by molar-refractivity contribution is 5.37. The van der Waals surface area contributed by atoms with E-state index in [-0.39, 0.29) is 5.60 Å². The molecule has 2 heteroatoms. The molecule has 0 heterocycles. The van der Waals surface area contributed by atoms with Gasteiger partial charge >= 0.3 is 0 Å². The van der Waals surface area contributed by atoms with Gasteiger partial charge in [0.05, 0.1) is 7.11 Å². The average Bonchev–Trinajstić information content (AvgIpc) is 2.46. The highest BCUT2D eigenvalue weighted by atomic mass is 16.5. The van der Waals surface area contributed by atoms with E-state index in [1.165, 1.54) is 38.5 Å². The fourth-order valence-electron chi connectivity index (χ4n) is 5.02. The monoisotopic (exact) mass is 282 g/mol. The van der Waals surface area contributed by atoms with Gasteiger partial charge in [-0.3, -0.25) is 0 Å². The van der Waals surface area contributed by atoms with Gasteiger partial charge in [0, 0.05) is 5.56 Å². The first-order valence-corrected chi connectivity index (χ1v) is 8.08. The van der Waals surface area contributed by atoms with Gasteiger partial charge in [0.2, 0.25) is 0 Å². The summed E-state index contributed by atoms with van der Waals surface area (Å²) < 4.78 is 11.3. The number of ether oxygens (including phenoxy) is 2. The smallest absolute Gasteiger partial charge is 0.122 e. The molecule has 0 atom stereocenters. The quantitative estimate of drug-likeness (QED) is 0.764. The molecular formula is C19H22O2.